The van der Waals surface area contributed by atoms with Crippen molar-refractivity contribution in [3.05, 3.63) is 64.7 Å². The number of phenolic OH excluding ortho intramolecular Hbond substituents is 1. The van der Waals surface area contributed by atoms with Crippen LogP contribution in [0.3, 0.4) is 0 Å². The van der Waals surface area contributed by atoms with Crippen LogP contribution < -0.4 is 10.2 Å². The van der Waals surface area contributed by atoms with Gasteiger partial charge in [0.1, 0.15) is 5.75 Å². The standard InChI is InChI=1S/C26H32N4O3/c1-26(2)16-27-21-13-23(31)18(12-20(21)26)25(33)30-14-17-8-6-9-22(19(17)15-30)29(5)24(32)10-7-11-28(3)4/h6-10,12-13,27,31H,11,14-16H2,1-5H3/b10-7+. The molecule has 0 bridgehead atoms. The number of carbonyl (C=O) groups excluding carboxylic acids is 2. The van der Waals surface area contributed by atoms with Crippen LogP contribution in [0.4, 0.5) is 11.4 Å². The molecule has 2 aliphatic rings. The van der Waals surface area contributed by atoms with Gasteiger partial charge < -0.3 is 25.1 Å². The van der Waals surface area contributed by atoms with Crippen LogP contribution in [-0.2, 0) is 23.3 Å². The minimum Gasteiger partial charge on any atom is -0.507 e. The van der Waals surface area contributed by atoms with E-state index in [-0.39, 0.29) is 23.0 Å². The second-order valence-electron chi connectivity index (χ2n) is 9.79. The molecule has 7 nitrogen and oxygen atoms in total. The van der Waals surface area contributed by atoms with Gasteiger partial charge in [0.05, 0.1) is 5.56 Å². The van der Waals surface area contributed by atoms with Crippen LogP contribution in [0.25, 0.3) is 0 Å². The van der Waals surface area contributed by atoms with E-state index in [1.165, 1.54) is 0 Å². The second-order valence-corrected chi connectivity index (χ2v) is 9.79. The van der Waals surface area contributed by atoms with E-state index in [0.29, 0.717) is 25.2 Å². The number of anilines is 2. The first-order valence-electron chi connectivity index (χ1n) is 11.2. The number of nitrogens with zero attached hydrogens (tertiary/aromatic N) is 3. The highest BCUT2D eigenvalue weighted by atomic mass is 16.3. The number of likely N-dealkylation sites (N-methyl/N-ethyl adjacent to an activating group) is 2. The van der Waals surface area contributed by atoms with Gasteiger partial charge in [-0.25, -0.2) is 0 Å². The zero-order valence-electron chi connectivity index (χ0n) is 20.0. The summed E-state index contributed by atoms with van der Waals surface area (Å²) in [6.07, 6.45) is 3.42. The predicted octanol–water partition coefficient (Wildman–Crippen LogP) is 3.33. The fourth-order valence-electron chi connectivity index (χ4n) is 4.50. The maximum Gasteiger partial charge on any atom is 0.258 e. The smallest absolute Gasteiger partial charge is 0.258 e. The van der Waals surface area contributed by atoms with Crippen LogP contribution in [0.5, 0.6) is 5.75 Å². The Morgan fingerprint density at radius 3 is 2.67 bits per heavy atom. The summed E-state index contributed by atoms with van der Waals surface area (Å²) in [6, 6.07) is 9.28. The predicted molar refractivity (Wildman–Crippen MR) is 131 cm³/mol. The Hall–Kier alpha value is -3.32. The highest BCUT2D eigenvalue weighted by Crippen LogP contribution is 2.41. The Bertz CT molecular complexity index is 1140. The number of phenols is 1. The summed E-state index contributed by atoms with van der Waals surface area (Å²) in [4.78, 5) is 31.4. The van der Waals surface area contributed by atoms with Crippen molar-refractivity contribution in [3.63, 3.8) is 0 Å². The molecule has 0 unspecified atom stereocenters. The van der Waals surface area contributed by atoms with Gasteiger partial charge in [0.25, 0.3) is 5.91 Å². The van der Waals surface area contributed by atoms with E-state index in [1.807, 2.05) is 49.3 Å². The Balaban J connectivity index is 1.57. The highest BCUT2D eigenvalue weighted by molar-refractivity contribution is 6.02. The fraction of sp³-hybridized carbons (Fsp3) is 0.385. The van der Waals surface area contributed by atoms with Crippen molar-refractivity contribution in [3.8, 4) is 5.75 Å². The largest absolute Gasteiger partial charge is 0.507 e. The van der Waals surface area contributed by atoms with E-state index in [1.54, 1.807) is 29.0 Å². The van der Waals surface area contributed by atoms with Gasteiger partial charge in [0.2, 0.25) is 5.91 Å². The van der Waals surface area contributed by atoms with Crippen molar-refractivity contribution >= 4 is 23.2 Å². The van der Waals surface area contributed by atoms with E-state index < -0.39 is 0 Å². The van der Waals surface area contributed by atoms with Crippen molar-refractivity contribution in [2.24, 2.45) is 0 Å². The highest BCUT2D eigenvalue weighted by Gasteiger charge is 2.34. The van der Waals surface area contributed by atoms with E-state index in [0.717, 1.165) is 34.6 Å². The van der Waals surface area contributed by atoms with Crippen LogP contribution >= 0.6 is 0 Å². The second kappa shape index (κ2) is 8.56. The molecule has 7 heteroatoms. The third kappa shape index (κ3) is 4.33. The van der Waals surface area contributed by atoms with E-state index in [4.69, 9.17) is 0 Å². The number of rotatable bonds is 5. The Morgan fingerprint density at radius 2 is 1.94 bits per heavy atom. The van der Waals surface area contributed by atoms with E-state index in [2.05, 4.69) is 19.2 Å². The van der Waals surface area contributed by atoms with Crippen LogP contribution in [0.1, 0.15) is 40.9 Å². The summed E-state index contributed by atoms with van der Waals surface area (Å²) in [7, 11) is 5.65. The van der Waals surface area contributed by atoms with Gasteiger partial charge in [-0.05, 0) is 37.4 Å². The van der Waals surface area contributed by atoms with E-state index in [9.17, 15) is 14.7 Å². The summed E-state index contributed by atoms with van der Waals surface area (Å²) in [5, 5.41) is 13.9. The molecule has 0 saturated carbocycles. The van der Waals surface area contributed by atoms with Crippen molar-refractivity contribution < 1.29 is 14.7 Å². The zero-order valence-corrected chi connectivity index (χ0v) is 20.0. The van der Waals surface area contributed by atoms with Crippen LogP contribution in [-0.4, -0.2) is 61.0 Å². The lowest BCUT2D eigenvalue weighted by molar-refractivity contribution is -0.113. The average molecular weight is 449 g/mol. The lowest BCUT2D eigenvalue weighted by atomic mass is 9.86. The molecule has 2 heterocycles. The molecule has 2 aromatic carbocycles. The summed E-state index contributed by atoms with van der Waals surface area (Å²) in [5.74, 6) is -0.334. The first-order chi connectivity index (χ1) is 15.6. The molecule has 0 atom stereocenters. The minimum absolute atomic E-state index is 0.0153. The van der Waals surface area contributed by atoms with Crippen molar-refractivity contribution in [2.75, 3.05) is 44.4 Å². The molecular weight excluding hydrogens is 416 g/mol. The Morgan fingerprint density at radius 1 is 1.18 bits per heavy atom. The fourth-order valence-corrected chi connectivity index (χ4v) is 4.50. The molecular formula is C26H32N4O3. The number of benzene rings is 2. The molecule has 4 rings (SSSR count). The van der Waals surface area contributed by atoms with Crippen molar-refractivity contribution in [1.29, 1.82) is 0 Å². The molecule has 0 spiro atoms. The van der Waals surface area contributed by atoms with Gasteiger partial charge in [0.15, 0.2) is 0 Å². The topological polar surface area (TPSA) is 76.1 Å². The zero-order chi connectivity index (χ0) is 23.9. The summed E-state index contributed by atoms with van der Waals surface area (Å²) in [6.45, 7) is 6.52. The third-order valence-corrected chi connectivity index (χ3v) is 6.48. The van der Waals surface area contributed by atoms with Gasteiger partial charge in [0, 0.05) is 67.7 Å². The Labute approximate surface area is 195 Å². The monoisotopic (exact) mass is 448 g/mol. The molecule has 0 radical (unpaired) electrons. The third-order valence-electron chi connectivity index (χ3n) is 6.48. The molecule has 0 fully saturated rings. The molecule has 0 aromatic heterocycles. The number of aromatic hydroxyl groups is 1. The molecule has 2 N–H and O–H groups in total. The first kappa shape index (κ1) is 22.9. The quantitative estimate of drug-likeness (QED) is 0.687. The van der Waals surface area contributed by atoms with Gasteiger partial charge in [-0.3, -0.25) is 9.59 Å². The minimum atomic E-state index is -0.208. The number of amides is 2. The molecule has 0 saturated heterocycles. The maximum absolute atomic E-state index is 13.4. The van der Waals surface area contributed by atoms with Gasteiger partial charge in [-0.1, -0.05) is 32.1 Å². The molecule has 2 aliphatic heterocycles. The van der Waals surface area contributed by atoms with Crippen LogP contribution in [0.15, 0.2) is 42.5 Å². The number of fused-ring (bicyclic) bond motifs is 2. The Kier molecular flexibility index (Phi) is 5.93. The SMILES string of the molecule is CN(C)C/C=C/C(=O)N(C)c1cccc2c1CN(C(=O)c1cc3c(cc1O)NCC3(C)C)C2. The van der Waals surface area contributed by atoms with Crippen LogP contribution in [0.2, 0.25) is 0 Å². The molecule has 2 aromatic rings. The molecule has 174 valence electrons. The van der Waals surface area contributed by atoms with Crippen molar-refractivity contribution in [1.82, 2.24) is 9.80 Å². The number of carbonyl (C=O) groups is 2. The maximum atomic E-state index is 13.4. The van der Waals surface area contributed by atoms with Crippen molar-refractivity contribution in [2.45, 2.75) is 32.4 Å². The molecule has 0 aliphatic carbocycles. The first-order valence-corrected chi connectivity index (χ1v) is 11.2. The van der Waals surface area contributed by atoms with Gasteiger partial charge in [-0.2, -0.15) is 0 Å². The van der Waals surface area contributed by atoms with Crippen LogP contribution in [0, 0.1) is 0 Å². The molecule has 2 amide bonds. The number of hydrogen-bond acceptors (Lipinski definition) is 5. The number of nitrogens with one attached hydrogen (secondary N) is 1. The van der Waals surface area contributed by atoms with Gasteiger partial charge >= 0.3 is 0 Å². The summed E-state index contributed by atoms with van der Waals surface area (Å²) < 4.78 is 0. The lowest BCUT2D eigenvalue weighted by Crippen LogP contribution is -2.27. The summed E-state index contributed by atoms with van der Waals surface area (Å²) >= 11 is 0. The number of hydrogen-bond donors (Lipinski definition) is 2. The van der Waals surface area contributed by atoms with E-state index >= 15 is 0 Å². The molecule has 33 heavy (non-hydrogen) atoms. The normalized spacial score (nSPS) is 16.1. The lowest BCUT2D eigenvalue weighted by Gasteiger charge is -2.21. The van der Waals surface area contributed by atoms with Gasteiger partial charge in [-0.15, -0.1) is 0 Å². The average Bonchev–Trinajstić information content (AvgIpc) is 3.32. The summed E-state index contributed by atoms with van der Waals surface area (Å²) in [5.41, 5.74) is 4.90.